The van der Waals surface area contributed by atoms with E-state index < -0.39 is 0 Å². The fraction of sp³-hybridized carbons (Fsp3) is 0.355. The minimum atomic E-state index is 1.00. The number of aromatic amines is 4. The van der Waals surface area contributed by atoms with Crippen molar-refractivity contribution in [3.05, 3.63) is 88.7 Å². The first-order valence-electron chi connectivity index (χ1n) is 13.1. The normalized spacial score (nSPS) is 14.2. The molecule has 180 valence electrons. The van der Waals surface area contributed by atoms with Crippen LogP contribution in [0.3, 0.4) is 0 Å². The van der Waals surface area contributed by atoms with Gasteiger partial charge in [0.2, 0.25) is 0 Å². The summed E-state index contributed by atoms with van der Waals surface area (Å²) in [6, 6.07) is 0. The van der Waals surface area contributed by atoms with Crippen LogP contribution in [0.5, 0.6) is 0 Å². The Bertz CT molecular complexity index is 1760. The monoisotopic (exact) mass is 464 g/mol. The smallest absolute Gasteiger partial charge is 0.0474 e. The molecule has 0 spiro atoms. The Hall–Kier alpha value is -3.40. The molecule has 4 N–H and O–H groups in total. The molecule has 5 heterocycles. The second kappa shape index (κ2) is 7.81. The number of H-pyrrole nitrogens is 4. The van der Waals surface area contributed by atoms with Crippen LogP contribution in [0.1, 0.15) is 87.6 Å². The molecular weight excluding hydrogens is 428 g/mol. The molecule has 35 heavy (non-hydrogen) atoms. The molecule has 0 atom stereocenters. The molecule has 1 aliphatic heterocycles. The zero-order valence-electron chi connectivity index (χ0n) is 22.1. The van der Waals surface area contributed by atoms with E-state index >= 15 is 0 Å². The third kappa shape index (κ3) is 3.12. The van der Waals surface area contributed by atoms with Gasteiger partial charge in [0.15, 0.2) is 0 Å². The van der Waals surface area contributed by atoms with Crippen LogP contribution in [0.25, 0.3) is 23.8 Å². The Morgan fingerprint density at radius 1 is 0.571 bits per heavy atom. The van der Waals surface area contributed by atoms with Crippen molar-refractivity contribution in [1.82, 2.24) is 19.9 Å². The van der Waals surface area contributed by atoms with E-state index in [0.29, 0.717) is 0 Å². The van der Waals surface area contributed by atoms with Crippen molar-refractivity contribution in [3.8, 4) is 0 Å². The quantitative estimate of drug-likeness (QED) is 0.350. The molecule has 0 aromatic carbocycles. The lowest BCUT2D eigenvalue weighted by molar-refractivity contribution is 1.03. The molecule has 1 aliphatic carbocycles. The first kappa shape index (κ1) is 22.1. The molecule has 0 saturated heterocycles. The van der Waals surface area contributed by atoms with Crippen LogP contribution >= 0.6 is 0 Å². The summed E-state index contributed by atoms with van der Waals surface area (Å²) >= 11 is 0. The predicted molar refractivity (Wildman–Crippen MR) is 146 cm³/mol. The van der Waals surface area contributed by atoms with Gasteiger partial charge in [0.1, 0.15) is 0 Å². The molecule has 8 bridgehead atoms. The molecule has 2 aliphatic rings. The van der Waals surface area contributed by atoms with Crippen LogP contribution < -0.4 is 21.4 Å². The Morgan fingerprint density at radius 3 is 1.80 bits per heavy atom. The first-order chi connectivity index (χ1) is 16.8. The summed E-state index contributed by atoms with van der Waals surface area (Å²) in [7, 11) is 0. The van der Waals surface area contributed by atoms with Gasteiger partial charge in [-0.2, -0.15) is 0 Å². The lowest BCUT2D eigenvalue weighted by Crippen LogP contribution is -2.14. The summed E-state index contributed by atoms with van der Waals surface area (Å²) in [5.74, 6) is 0. The van der Waals surface area contributed by atoms with Crippen molar-refractivity contribution >= 4 is 23.8 Å². The summed E-state index contributed by atoms with van der Waals surface area (Å²) in [6.07, 6.45) is 11.1. The van der Waals surface area contributed by atoms with Crippen molar-refractivity contribution in [2.24, 2.45) is 0 Å². The molecule has 0 unspecified atom stereocenters. The minimum Gasteiger partial charge on any atom is -0.355 e. The molecule has 6 rings (SSSR count). The third-order valence-corrected chi connectivity index (χ3v) is 8.73. The number of hydrogen-bond acceptors (Lipinski definition) is 0. The molecule has 0 fully saturated rings. The summed E-state index contributed by atoms with van der Waals surface area (Å²) in [5, 5.41) is 4.91. The van der Waals surface area contributed by atoms with Gasteiger partial charge in [0.05, 0.1) is 0 Å². The summed E-state index contributed by atoms with van der Waals surface area (Å²) in [4.78, 5) is 15.2. The highest BCUT2D eigenvalue weighted by Crippen LogP contribution is 2.30. The van der Waals surface area contributed by atoms with E-state index in [2.05, 4.69) is 86.6 Å². The molecule has 0 saturated carbocycles. The number of fused-ring (bicyclic) bond motifs is 8. The van der Waals surface area contributed by atoms with E-state index in [-0.39, 0.29) is 0 Å². The average molecular weight is 465 g/mol. The topological polar surface area (TPSA) is 63.2 Å². The Labute approximate surface area is 206 Å². The van der Waals surface area contributed by atoms with Gasteiger partial charge in [-0.1, -0.05) is 13.8 Å². The van der Waals surface area contributed by atoms with Crippen LogP contribution in [-0.2, 0) is 19.3 Å². The van der Waals surface area contributed by atoms with E-state index in [1.54, 1.807) is 0 Å². The summed E-state index contributed by atoms with van der Waals surface area (Å²) < 4.78 is 0. The van der Waals surface area contributed by atoms with Crippen LogP contribution in [-0.4, -0.2) is 19.9 Å². The van der Waals surface area contributed by atoms with Crippen molar-refractivity contribution in [1.29, 1.82) is 0 Å². The predicted octanol–water partition coefficient (Wildman–Crippen LogP) is 3.61. The summed E-state index contributed by atoms with van der Waals surface area (Å²) in [6.45, 7) is 15.8. The first-order valence-corrected chi connectivity index (χ1v) is 13.1. The zero-order valence-corrected chi connectivity index (χ0v) is 22.1. The Kier molecular flexibility index (Phi) is 4.93. The standard InChI is InChI=1S/C31H36N4/c1-8-20-17(5)26-12-24-15(3)16(4)25(32-24)13-27-18(6)21(9-2)30(34-27)23-11-10-22-19(7)28(35-31(22)23)14-29(20)33-26/h12-14,32-35H,8-11H2,1-7H3. The second-order valence-electron chi connectivity index (χ2n) is 10.4. The van der Waals surface area contributed by atoms with E-state index in [9.17, 15) is 0 Å². The van der Waals surface area contributed by atoms with E-state index in [1.165, 1.54) is 94.3 Å². The minimum absolute atomic E-state index is 1.00. The Morgan fingerprint density at radius 2 is 1.14 bits per heavy atom. The van der Waals surface area contributed by atoms with Crippen molar-refractivity contribution in [3.63, 3.8) is 0 Å². The lowest BCUT2D eigenvalue weighted by Gasteiger charge is -2.04. The van der Waals surface area contributed by atoms with Gasteiger partial charge in [-0.25, -0.2) is 0 Å². The van der Waals surface area contributed by atoms with Crippen LogP contribution in [0.4, 0.5) is 0 Å². The van der Waals surface area contributed by atoms with Crippen molar-refractivity contribution in [2.75, 3.05) is 0 Å². The molecule has 4 aromatic heterocycles. The molecule has 0 amide bonds. The van der Waals surface area contributed by atoms with E-state index in [0.717, 1.165) is 25.7 Å². The third-order valence-electron chi connectivity index (χ3n) is 8.73. The Balaban J connectivity index is 1.79. The maximum Gasteiger partial charge on any atom is 0.0474 e. The number of aromatic nitrogens is 4. The fourth-order valence-electron chi connectivity index (χ4n) is 6.35. The molecule has 4 nitrogen and oxygen atoms in total. The van der Waals surface area contributed by atoms with Crippen LogP contribution in [0.15, 0.2) is 0 Å². The molecule has 4 aromatic rings. The van der Waals surface area contributed by atoms with Gasteiger partial charge < -0.3 is 19.9 Å². The van der Waals surface area contributed by atoms with Crippen molar-refractivity contribution < 1.29 is 0 Å². The van der Waals surface area contributed by atoms with E-state index in [4.69, 9.17) is 0 Å². The fourth-order valence-corrected chi connectivity index (χ4v) is 6.35. The zero-order chi connectivity index (χ0) is 24.6. The lowest BCUT2D eigenvalue weighted by atomic mass is 10.0. The highest BCUT2D eigenvalue weighted by Gasteiger charge is 2.23. The van der Waals surface area contributed by atoms with E-state index in [1.807, 2.05) is 0 Å². The van der Waals surface area contributed by atoms with Crippen LogP contribution in [0.2, 0.25) is 0 Å². The molecule has 4 heteroatoms. The van der Waals surface area contributed by atoms with Gasteiger partial charge in [-0.3, -0.25) is 0 Å². The second-order valence-corrected chi connectivity index (χ2v) is 10.4. The highest BCUT2D eigenvalue weighted by atomic mass is 14.8. The molecule has 0 radical (unpaired) electrons. The van der Waals surface area contributed by atoms with Crippen LogP contribution in [0, 0.1) is 34.6 Å². The maximum absolute atomic E-state index is 3.85. The molecular formula is C31H36N4. The number of rotatable bonds is 2. The highest BCUT2D eigenvalue weighted by molar-refractivity contribution is 5.73. The number of hydrogen-bond donors (Lipinski definition) is 4. The largest absolute Gasteiger partial charge is 0.355 e. The van der Waals surface area contributed by atoms with Gasteiger partial charge in [0.25, 0.3) is 0 Å². The number of nitrogens with one attached hydrogen (secondary N) is 4. The summed E-state index contributed by atoms with van der Waals surface area (Å²) in [5.41, 5.74) is 17.3. The SMILES string of the molecule is CCc1c2[nH]c(c1C)C=c1[nH]c(c(C)c1C)=Cc1[nH]c(c(CC)c1C)C1=c3[nH]c(c(C)c3CC1)=C2. The van der Waals surface area contributed by atoms with Gasteiger partial charge in [-0.15, -0.1) is 0 Å². The van der Waals surface area contributed by atoms with Gasteiger partial charge in [0, 0.05) is 44.2 Å². The maximum atomic E-state index is 3.85. The average Bonchev–Trinajstić information content (AvgIpc) is 3.59. The van der Waals surface area contributed by atoms with Gasteiger partial charge in [-0.05, 0) is 129 Å². The van der Waals surface area contributed by atoms with Gasteiger partial charge >= 0.3 is 0 Å². The van der Waals surface area contributed by atoms with Crippen molar-refractivity contribution in [2.45, 2.75) is 74.1 Å².